The van der Waals surface area contributed by atoms with Gasteiger partial charge in [-0.3, -0.25) is 0 Å². The largest absolute Gasteiger partial charge is 0.497 e. The fraction of sp³-hybridized carbons (Fsp3) is 0.118. The Bertz CT molecular complexity index is 763. The monoisotopic (exact) mass is 296 g/mol. The fourth-order valence-electron chi connectivity index (χ4n) is 2.19. The molecule has 0 radical (unpaired) electrons. The molecule has 106 valence electrons. The van der Waals surface area contributed by atoms with Crippen molar-refractivity contribution in [1.82, 2.24) is 9.97 Å². The van der Waals surface area contributed by atoms with Gasteiger partial charge in [0.15, 0.2) is 0 Å². The first-order chi connectivity index (χ1) is 10.2. The van der Waals surface area contributed by atoms with Crippen LogP contribution in [0.3, 0.4) is 0 Å². The fourth-order valence-corrected chi connectivity index (χ4v) is 2.48. The molecule has 0 saturated heterocycles. The van der Waals surface area contributed by atoms with E-state index in [9.17, 15) is 0 Å². The van der Waals surface area contributed by atoms with Gasteiger partial charge in [-0.15, -0.1) is 12.6 Å². The van der Waals surface area contributed by atoms with Crippen LogP contribution in [0, 0.1) is 6.92 Å². The standard InChI is InChI=1S/C17H16N2OS/c1-11-6-8-12(9-7-11)15-17(21)19-16(18-15)13-4-3-5-14(10-13)20-2/h3-10,21H,1-2H3,(H,18,19). The summed E-state index contributed by atoms with van der Waals surface area (Å²) < 4.78 is 5.25. The van der Waals surface area contributed by atoms with Crippen LogP contribution in [0.15, 0.2) is 53.6 Å². The van der Waals surface area contributed by atoms with Crippen LogP contribution in [0.2, 0.25) is 0 Å². The number of imidazole rings is 1. The number of rotatable bonds is 3. The van der Waals surface area contributed by atoms with E-state index in [4.69, 9.17) is 4.74 Å². The lowest BCUT2D eigenvalue weighted by atomic mass is 10.1. The normalized spacial score (nSPS) is 10.6. The smallest absolute Gasteiger partial charge is 0.139 e. The second kappa shape index (κ2) is 5.66. The maximum atomic E-state index is 5.25. The molecule has 0 fully saturated rings. The van der Waals surface area contributed by atoms with Crippen molar-refractivity contribution in [3.05, 3.63) is 54.1 Å². The summed E-state index contributed by atoms with van der Waals surface area (Å²) in [5.41, 5.74) is 4.21. The molecule has 0 amide bonds. The number of nitrogens with zero attached hydrogens (tertiary/aromatic N) is 1. The Morgan fingerprint density at radius 3 is 2.52 bits per heavy atom. The molecule has 21 heavy (non-hydrogen) atoms. The molecule has 1 aromatic heterocycles. The van der Waals surface area contributed by atoms with E-state index in [1.165, 1.54) is 5.56 Å². The zero-order valence-electron chi connectivity index (χ0n) is 11.9. The molecule has 0 atom stereocenters. The SMILES string of the molecule is COc1cccc(-c2nc(S)c(-c3ccc(C)cc3)[nH]2)c1. The van der Waals surface area contributed by atoms with Crippen molar-refractivity contribution in [1.29, 1.82) is 0 Å². The van der Waals surface area contributed by atoms with Crippen molar-refractivity contribution in [2.24, 2.45) is 0 Å². The van der Waals surface area contributed by atoms with Crippen molar-refractivity contribution in [2.75, 3.05) is 7.11 Å². The number of ether oxygens (including phenoxy) is 1. The number of hydrogen-bond donors (Lipinski definition) is 2. The Kier molecular flexibility index (Phi) is 3.71. The Hall–Kier alpha value is -2.20. The van der Waals surface area contributed by atoms with E-state index < -0.39 is 0 Å². The van der Waals surface area contributed by atoms with Gasteiger partial charge in [-0.05, 0) is 19.1 Å². The Morgan fingerprint density at radius 1 is 1.05 bits per heavy atom. The number of methoxy groups -OCH3 is 1. The van der Waals surface area contributed by atoms with E-state index in [0.29, 0.717) is 5.03 Å². The highest BCUT2D eigenvalue weighted by Gasteiger charge is 2.11. The van der Waals surface area contributed by atoms with Gasteiger partial charge in [-0.25, -0.2) is 4.98 Å². The lowest BCUT2D eigenvalue weighted by Crippen LogP contribution is -1.85. The van der Waals surface area contributed by atoms with Crippen LogP contribution in [-0.2, 0) is 0 Å². The summed E-state index contributed by atoms with van der Waals surface area (Å²) >= 11 is 4.48. The molecule has 4 heteroatoms. The van der Waals surface area contributed by atoms with Crippen molar-refractivity contribution in [3.8, 4) is 28.4 Å². The molecule has 1 N–H and O–H groups in total. The summed E-state index contributed by atoms with van der Waals surface area (Å²) in [4.78, 5) is 7.85. The maximum Gasteiger partial charge on any atom is 0.139 e. The molecule has 0 bridgehead atoms. The van der Waals surface area contributed by atoms with Crippen LogP contribution in [-0.4, -0.2) is 17.1 Å². The van der Waals surface area contributed by atoms with Crippen LogP contribution in [0.25, 0.3) is 22.6 Å². The van der Waals surface area contributed by atoms with Crippen LogP contribution < -0.4 is 4.74 Å². The zero-order chi connectivity index (χ0) is 14.8. The predicted octanol–water partition coefficient (Wildman–Crippen LogP) is 4.35. The summed E-state index contributed by atoms with van der Waals surface area (Å²) in [5.74, 6) is 1.59. The Balaban J connectivity index is 2.02. The van der Waals surface area contributed by atoms with Gasteiger partial charge in [0.25, 0.3) is 0 Å². The van der Waals surface area contributed by atoms with E-state index in [0.717, 1.165) is 28.4 Å². The summed E-state index contributed by atoms with van der Waals surface area (Å²) in [6.07, 6.45) is 0. The number of nitrogens with one attached hydrogen (secondary N) is 1. The lowest BCUT2D eigenvalue weighted by Gasteiger charge is -2.02. The minimum atomic E-state index is 0.691. The van der Waals surface area contributed by atoms with Crippen molar-refractivity contribution in [3.63, 3.8) is 0 Å². The minimum absolute atomic E-state index is 0.691. The number of aromatic nitrogens is 2. The molecular weight excluding hydrogens is 280 g/mol. The van der Waals surface area contributed by atoms with Crippen LogP contribution in [0.4, 0.5) is 0 Å². The molecule has 0 aliphatic carbocycles. The number of aryl methyl sites for hydroxylation is 1. The maximum absolute atomic E-state index is 5.25. The first kappa shape index (κ1) is 13.8. The molecule has 3 aromatic rings. The highest BCUT2D eigenvalue weighted by molar-refractivity contribution is 7.80. The topological polar surface area (TPSA) is 37.9 Å². The van der Waals surface area contributed by atoms with Crippen LogP contribution >= 0.6 is 12.6 Å². The quantitative estimate of drug-likeness (QED) is 0.705. The number of benzene rings is 2. The number of aromatic amines is 1. The van der Waals surface area contributed by atoms with Crippen molar-refractivity contribution < 1.29 is 4.74 Å². The zero-order valence-corrected chi connectivity index (χ0v) is 12.8. The van der Waals surface area contributed by atoms with Crippen molar-refractivity contribution in [2.45, 2.75) is 11.9 Å². The summed E-state index contributed by atoms with van der Waals surface area (Å²) in [7, 11) is 1.66. The van der Waals surface area contributed by atoms with E-state index in [1.807, 2.05) is 24.3 Å². The molecule has 0 unspecified atom stereocenters. The molecule has 3 rings (SSSR count). The van der Waals surface area contributed by atoms with Gasteiger partial charge in [0.05, 0.1) is 12.8 Å². The molecule has 2 aromatic carbocycles. The highest BCUT2D eigenvalue weighted by atomic mass is 32.1. The molecule has 3 nitrogen and oxygen atoms in total. The molecular formula is C17H16N2OS. The van der Waals surface area contributed by atoms with Gasteiger partial charge in [0.1, 0.15) is 16.6 Å². The summed E-state index contributed by atoms with van der Waals surface area (Å²) in [6.45, 7) is 2.07. The second-order valence-corrected chi connectivity index (χ2v) is 5.31. The Labute approximate surface area is 129 Å². The minimum Gasteiger partial charge on any atom is -0.497 e. The lowest BCUT2D eigenvalue weighted by molar-refractivity contribution is 0.415. The first-order valence-corrected chi connectivity index (χ1v) is 7.12. The third kappa shape index (κ3) is 2.81. The van der Waals surface area contributed by atoms with Crippen molar-refractivity contribution >= 4 is 12.6 Å². The van der Waals surface area contributed by atoms with Crippen LogP contribution in [0.5, 0.6) is 5.75 Å². The molecule has 0 aliphatic heterocycles. The molecule has 1 heterocycles. The number of thiol groups is 1. The number of hydrogen-bond acceptors (Lipinski definition) is 3. The molecule has 0 aliphatic rings. The molecule has 0 saturated carbocycles. The molecule has 0 spiro atoms. The van der Waals surface area contributed by atoms with Gasteiger partial charge in [0, 0.05) is 11.1 Å². The average Bonchev–Trinajstić information content (AvgIpc) is 2.90. The summed E-state index contributed by atoms with van der Waals surface area (Å²) in [5, 5.41) is 0.691. The third-order valence-electron chi connectivity index (χ3n) is 3.37. The second-order valence-electron chi connectivity index (χ2n) is 4.88. The number of H-pyrrole nitrogens is 1. The highest BCUT2D eigenvalue weighted by Crippen LogP contribution is 2.29. The van der Waals surface area contributed by atoms with E-state index >= 15 is 0 Å². The van der Waals surface area contributed by atoms with Gasteiger partial charge >= 0.3 is 0 Å². The average molecular weight is 296 g/mol. The van der Waals surface area contributed by atoms with Gasteiger partial charge in [-0.2, -0.15) is 0 Å². The van der Waals surface area contributed by atoms with Gasteiger partial charge in [-0.1, -0.05) is 42.0 Å². The van der Waals surface area contributed by atoms with E-state index in [-0.39, 0.29) is 0 Å². The Morgan fingerprint density at radius 2 is 1.81 bits per heavy atom. The third-order valence-corrected chi connectivity index (χ3v) is 3.69. The van der Waals surface area contributed by atoms with Gasteiger partial charge < -0.3 is 9.72 Å². The van der Waals surface area contributed by atoms with Gasteiger partial charge in [0.2, 0.25) is 0 Å². The first-order valence-electron chi connectivity index (χ1n) is 6.68. The predicted molar refractivity (Wildman–Crippen MR) is 88.0 cm³/mol. The van der Waals surface area contributed by atoms with E-state index in [2.05, 4.69) is 53.8 Å². The van der Waals surface area contributed by atoms with Crippen LogP contribution in [0.1, 0.15) is 5.56 Å². The van der Waals surface area contributed by atoms with E-state index in [1.54, 1.807) is 7.11 Å². The summed E-state index contributed by atoms with van der Waals surface area (Å²) in [6, 6.07) is 16.1.